The van der Waals surface area contributed by atoms with E-state index in [1.807, 2.05) is 6.92 Å². The molecule has 1 saturated heterocycles. The fourth-order valence-corrected chi connectivity index (χ4v) is 2.56. The van der Waals surface area contributed by atoms with Crippen LogP contribution >= 0.6 is 24.0 Å². The summed E-state index contributed by atoms with van der Waals surface area (Å²) in [4.78, 5) is 4.27. The molecule has 0 bridgehead atoms. The molecule has 10 heteroatoms. The number of benzene rings is 1. The van der Waals surface area contributed by atoms with Gasteiger partial charge in [0.25, 0.3) is 0 Å². The quantitative estimate of drug-likeness (QED) is 0.281. The molecule has 1 fully saturated rings. The number of alkyl halides is 3. The van der Waals surface area contributed by atoms with Crippen LogP contribution in [0.5, 0.6) is 5.75 Å². The highest BCUT2D eigenvalue weighted by molar-refractivity contribution is 14.0. The van der Waals surface area contributed by atoms with Crippen LogP contribution in [0.4, 0.5) is 13.2 Å². The van der Waals surface area contributed by atoms with Crippen LogP contribution in [0.1, 0.15) is 25.3 Å². The lowest BCUT2D eigenvalue weighted by Gasteiger charge is -2.16. The standard InChI is InChI=1S/C18H26F3N3O3.HI/c1-2-22-17(24-11-16-7-4-8-26-16)23-10-14(25)12-27-15-6-3-5-13(9-15)18(19,20)21;/h3,5-6,9,14,16,25H,2,4,7-8,10-12H2,1H3,(H2,22,23,24);1H. The third kappa shape index (κ3) is 8.82. The van der Waals surface area contributed by atoms with Crippen molar-refractivity contribution >= 4 is 29.9 Å². The lowest BCUT2D eigenvalue weighted by Crippen LogP contribution is -2.41. The second-order valence-electron chi connectivity index (χ2n) is 6.23. The molecule has 6 nitrogen and oxygen atoms in total. The molecule has 0 saturated carbocycles. The molecule has 3 N–H and O–H groups in total. The molecular weight excluding hydrogens is 490 g/mol. The first-order valence-electron chi connectivity index (χ1n) is 9.00. The first kappa shape index (κ1) is 24.8. The highest BCUT2D eigenvalue weighted by Crippen LogP contribution is 2.31. The third-order valence-electron chi connectivity index (χ3n) is 3.93. The van der Waals surface area contributed by atoms with Crippen molar-refractivity contribution in [2.24, 2.45) is 4.99 Å². The zero-order chi connectivity index (χ0) is 19.7. The van der Waals surface area contributed by atoms with Crippen molar-refractivity contribution in [2.45, 2.75) is 38.1 Å². The highest BCUT2D eigenvalue weighted by atomic mass is 127. The topological polar surface area (TPSA) is 75.1 Å². The van der Waals surface area contributed by atoms with Gasteiger partial charge in [-0.15, -0.1) is 24.0 Å². The molecule has 1 heterocycles. The number of nitrogens with zero attached hydrogens (tertiary/aromatic N) is 1. The second-order valence-corrected chi connectivity index (χ2v) is 6.23. The molecule has 1 aromatic carbocycles. The van der Waals surface area contributed by atoms with Gasteiger partial charge in [-0.2, -0.15) is 13.2 Å². The smallest absolute Gasteiger partial charge is 0.416 e. The maximum atomic E-state index is 12.7. The molecule has 160 valence electrons. The summed E-state index contributed by atoms with van der Waals surface area (Å²) in [5, 5.41) is 16.2. The second kappa shape index (κ2) is 12.3. The van der Waals surface area contributed by atoms with Crippen LogP contribution in [-0.4, -0.2) is 56.1 Å². The summed E-state index contributed by atoms with van der Waals surface area (Å²) in [6.45, 7) is 3.88. The van der Waals surface area contributed by atoms with E-state index in [0.717, 1.165) is 31.6 Å². The van der Waals surface area contributed by atoms with Gasteiger partial charge in [0.15, 0.2) is 5.96 Å². The van der Waals surface area contributed by atoms with Gasteiger partial charge in [-0.05, 0) is 38.0 Å². The lowest BCUT2D eigenvalue weighted by atomic mass is 10.2. The van der Waals surface area contributed by atoms with Crippen molar-refractivity contribution in [3.8, 4) is 5.75 Å². The third-order valence-corrected chi connectivity index (χ3v) is 3.93. The van der Waals surface area contributed by atoms with Crippen LogP contribution < -0.4 is 15.4 Å². The monoisotopic (exact) mass is 517 g/mol. The van der Waals surface area contributed by atoms with Gasteiger partial charge in [0.2, 0.25) is 0 Å². The normalized spacial score (nSPS) is 18.3. The minimum absolute atomic E-state index is 0. The molecule has 0 amide bonds. The molecule has 0 aliphatic carbocycles. The summed E-state index contributed by atoms with van der Waals surface area (Å²) >= 11 is 0. The van der Waals surface area contributed by atoms with E-state index in [0.29, 0.717) is 19.0 Å². The molecule has 0 spiro atoms. The number of guanidine groups is 1. The zero-order valence-corrected chi connectivity index (χ0v) is 18.0. The molecule has 2 atom stereocenters. The molecule has 1 aromatic rings. The summed E-state index contributed by atoms with van der Waals surface area (Å²) in [5.41, 5.74) is -0.791. The molecule has 0 aromatic heterocycles. The Labute approximate surface area is 179 Å². The van der Waals surface area contributed by atoms with E-state index in [1.165, 1.54) is 12.1 Å². The van der Waals surface area contributed by atoms with Crippen LogP contribution in [0.25, 0.3) is 0 Å². The van der Waals surface area contributed by atoms with Crippen molar-refractivity contribution in [3.63, 3.8) is 0 Å². The van der Waals surface area contributed by atoms with E-state index in [4.69, 9.17) is 9.47 Å². The Bertz CT molecular complexity index is 611. The maximum absolute atomic E-state index is 12.7. The van der Waals surface area contributed by atoms with Crippen LogP contribution in [0.3, 0.4) is 0 Å². The molecule has 28 heavy (non-hydrogen) atoms. The van der Waals surface area contributed by atoms with Crippen molar-refractivity contribution in [1.29, 1.82) is 0 Å². The molecule has 2 unspecified atom stereocenters. The summed E-state index contributed by atoms with van der Waals surface area (Å²) in [5.74, 6) is 0.599. The van der Waals surface area contributed by atoms with E-state index < -0.39 is 17.8 Å². The SMILES string of the molecule is CCNC(=NCC(O)COc1cccc(C(F)(F)F)c1)NCC1CCCO1.I. The number of aliphatic imine (C=N–C) groups is 1. The summed E-state index contributed by atoms with van der Waals surface area (Å²) < 4.78 is 48.9. The van der Waals surface area contributed by atoms with Gasteiger partial charge in [0.1, 0.15) is 18.5 Å². The fourth-order valence-electron chi connectivity index (χ4n) is 2.56. The number of ether oxygens (including phenoxy) is 2. The van der Waals surface area contributed by atoms with E-state index >= 15 is 0 Å². The molecule has 0 radical (unpaired) electrons. The Morgan fingerprint density at radius 1 is 1.39 bits per heavy atom. The van der Waals surface area contributed by atoms with Crippen molar-refractivity contribution in [1.82, 2.24) is 10.6 Å². The first-order chi connectivity index (χ1) is 12.9. The van der Waals surface area contributed by atoms with Crippen LogP contribution in [0, 0.1) is 0 Å². The highest BCUT2D eigenvalue weighted by Gasteiger charge is 2.30. The van der Waals surface area contributed by atoms with Gasteiger partial charge < -0.3 is 25.2 Å². The Morgan fingerprint density at radius 3 is 2.82 bits per heavy atom. The Hall–Kier alpha value is -1.27. The van der Waals surface area contributed by atoms with E-state index in [1.54, 1.807) is 0 Å². The number of rotatable bonds is 8. The fraction of sp³-hybridized carbons (Fsp3) is 0.611. The number of halogens is 4. The largest absolute Gasteiger partial charge is 0.491 e. The number of hydrogen-bond donors (Lipinski definition) is 3. The predicted molar refractivity (Wildman–Crippen MR) is 111 cm³/mol. The zero-order valence-electron chi connectivity index (χ0n) is 15.7. The maximum Gasteiger partial charge on any atom is 0.416 e. The van der Waals surface area contributed by atoms with Gasteiger partial charge in [-0.3, -0.25) is 4.99 Å². The van der Waals surface area contributed by atoms with E-state index in [2.05, 4.69) is 15.6 Å². The number of hydrogen-bond acceptors (Lipinski definition) is 4. The first-order valence-corrected chi connectivity index (χ1v) is 9.00. The average Bonchev–Trinajstić information content (AvgIpc) is 3.15. The van der Waals surface area contributed by atoms with Crippen molar-refractivity contribution in [2.75, 3.05) is 32.8 Å². The van der Waals surface area contributed by atoms with Gasteiger partial charge in [0.05, 0.1) is 18.2 Å². The summed E-state index contributed by atoms with van der Waals surface area (Å²) in [7, 11) is 0. The van der Waals surface area contributed by atoms with Crippen molar-refractivity contribution < 1.29 is 27.8 Å². The molecule has 1 aliphatic heterocycles. The van der Waals surface area contributed by atoms with E-state index in [-0.39, 0.29) is 49.0 Å². The Kier molecular flexibility index (Phi) is 10.9. The van der Waals surface area contributed by atoms with Crippen LogP contribution in [0.2, 0.25) is 0 Å². The van der Waals surface area contributed by atoms with Crippen LogP contribution in [-0.2, 0) is 10.9 Å². The number of aliphatic hydroxyl groups excluding tert-OH is 1. The van der Waals surface area contributed by atoms with Crippen LogP contribution in [0.15, 0.2) is 29.3 Å². The Balaban J connectivity index is 0.00000392. The minimum Gasteiger partial charge on any atom is -0.491 e. The predicted octanol–water partition coefficient (Wildman–Crippen LogP) is 2.80. The van der Waals surface area contributed by atoms with Gasteiger partial charge in [-0.25, -0.2) is 0 Å². The van der Waals surface area contributed by atoms with Crippen molar-refractivity contribution in [3.05, 3.63) is 29.8 Å². The molecular formula is C18H27F3IN3O3. The van der Waals surface area contributed by atoms with Gasteiger partial charge in [0, 0.05) is 19.7 Å². The average molecular weight is 517 g/mol. The van der Waals surface area contributed by atoms with Gasteiger partial charge in [-0.1, -0.05) is 6.07 Å². The molecule has 2 rings (SSSR count). The Morgan fingerprint density at radius 2 is 2.18 bits per heavy atom. The molecule has 1 aliphatic rings. The van der Waals surface area contributed by atoms with E-state index in [9.17, 15) is 18.3 Å². The lowest BCUT2D eigenvalue weighted by molar-refractivity contribution is -0.137. The number of nitrogens with one attached hydrogen (secondary N) is 2. The summed E-state index contributed by atoms with van der Waals surface area (Å²) in [6.07, 6.45) is -3.18. The summed E-state index contributed by atoms with van der Waals surface area (Å²) in [6, 6.07) is 4.55. The van der Waals surface area contributed by atoms with Gasteiger partial charge >= 0.3 is 6.18 Å². The minimum atomic E-state index is -4.43. The number of aliphatic hydroxyl groups is 1.